The van der Waals surface area contributed by atoms with Crippen LogP contribution in [0.15, 0.2) is 30.5 Å². The van der Waals surface area contributed by atoms with Crippen LogP contribution in [0, 0.1) is 0 Å². The molecule has 4 rings (SSSR count). The molecule has 0 unspecified atom stereocenters. The molecule has 0 aliphatic carbocycles. The maximum atomic E-state index is 12.6. The van der Waals surface area contributed by atoms with E-state index >= 15 is 0 Å². The largest absolute Gasteiger partial charge is 0.497 e. The lowest BCUT2D eigenvalue weighted by atomic mass is 10.0. The smallest absolute Gasteiger partial charge is 0.236 e. The van der Waals surface area contributed by atoms with Crippen molar-refractivity contribution in [2.45, 2.75) is 44.7 Å². The van der Waals surface area contributed by atoms with Crippen molar-refractivity contribution in [2.75, 3.05) is 45.2 Å². The lowest BCUT2D eigenvalue weighted by Crippen LogP contribution is -2.48. The number of ether oxygens (including phenoxy) is 1. The van der Waals surface area contributed by atoms with E-state index in [0.717, 1.165) is 67.7 Å². The van der Waals surface area contributed by atoms with E-state index in [4.69, 9.17) is 4.74 Å². The third-order valence-electron chi connectivity index (χ3n) is 6.62. The molecule has 2 aliphatic rings. The molecule has 2 aliphatic heterocycles. The van der Waals surface area contributed by atoms with Crippen LogP contribution in [0.1, 0.15) is 32.6 Å². The molecule has 1 atom stereocenters. The van der Waals surface area contributed by atoms with Gasteiger partial charge in [-0.1, -0.05) is 0 Å². The van der Waals surface area contributed by atoms with Crippen molar-refractivity contribution >= 4 is 22.5 Å². The predicted octanol–water partition coefficient (Wildman–Crippen LogP) is 3.15. The number of amides is 1. The minimum absolute atomic E-state index is 0.302. The number of nitrogens with zero attached hydrogens (tertiary/aromatic N) is 4. The highest BCUT2D eigenvalue weighted by Crippen LogP contribution is 2.26. The summed E-state index contributed by atoms with van der Waals surface area (Å²) in [5.41, 5.74) is 2.09. The second-order valence-electron chi connectivity index (χ2n) is 8.45. The standard InChI is InChI=1S/C23H32N4O2/c1-17-5-4-10-27(17)23(28)16-26-11-8-19(9-12-26)25(2)20-13-18-6-7-21(29-3)14-22(18)24-15-20/h6-7,13-15,17,19H,4-5,8-12,16H2,1-3H3/t17-/m1/s1. The Morgan fingerprint density at radius 3 is 2.69 bits per heavy atom. The molecule has 156 valence electrons. The number of piperidine rings is 1. The number of carbonyl (C=O) groups is 1. The lowest BCUT2D eigenvalue weighted by molar-refractivity contribution is -0.133. The van der Waals surface area contributed by atoms with Crippen molar-refractivity contribution < 1.29 is 9.53 Å². The average Bonchev–Trinajstić information content (AvgIpc) is 3.19. The molecule has 0 radical (unpaired) electrons. The summed E-state index contributed by atoms with van der Waals surface area (Å²) in [5.74, 6) is 1.13. The van der Waals surface area contributed by atoms with Gasteiger partial charge in [-0.3, -0.25) is 14.7 Å². The number of rotatable bonds is 5. The fourth-order valence-electron chi connectivity index (χ4n) is 4.67. The number of carbonyl (C=O) groups excluding carboxylic acids is 1. The Hall–Kier alpha value is -2.34. The van der Waals surface area contributed by atoms with Crippen molar-refractivity contribution in [1.29, 1.82) is 0 Å². The summed E-state index contributed by atoms with van der Waals surface area (Å²) < 4.78 is 5.29. The summed E-state index contributed by atoms with van der Waals surface area (Å²) in [6, 6.07) is 9.09. The fourth-order valence-corrected chi connectivity index (χ4v) is 4.67. The number of hydrogen-bond donors (Lipinski definition) is 0. The Labute approximate surface area is 173 Å². The first-order chi connectivity index (χ1) is 14.0. The van der Waals surface area contributed by atoms with Gasteiger partial charge in [0, 0.05) is 50.2 Å². The molecule has 1 aromatic heterocycles. The molecule has 0 spiro atoms. The van der Waals surface area contributed by atoms with E-state index < -0.39 is 0 Å². The second kappa shape index (κ2) is 8.57. The van der Waals surface area contributed by atoms with Crippen LogP contribution in [0.25, 0.3) is 10.9 Å². The topological polar surface area (TPSA) is 48.9 Å². The van der Waals surface area contributed by atoms with E-state index in [1.165, 1.54) is 0 Å². The van der Waals surface area contributed by atoms with Gasteiger partial charge in [0.05, 0.1) is 31.1 Å². The summed E-state index contributed by atoms with van der Waals surface area (Å²) in [6.07, 6.45) is 6.38. The highest BCUT2D eigenvalue weighted by atomic mass is 16.5. The maximum absolute atomic E-state index is 12.6. The van der Waals surface area contributed by atoms with E-state index in [9.17, 15) is 4.79 Å². The quantitative estimate of drug-likeness (QED) is 0.777. The number of benzene rings is 1. The Kier molecular flexibility index (Phi) is 5.90. The van der Waals surface area contributed by atoms with Gasteiger partial charge in [-0.25, -0.2) is 0 Å². The van der Waals surface area contributed by atoms with Gasteiger partial charge in [-0.05, 0) is 50.8 Å². The predicted molar refractivity (Wildman–Crippen MR) is 117 cm³/mol. The van der Waals surface area contributed by atoms with E-state index in [0.29, 0.717) is 24.5 Å². The molecule has 0 bridgehead atoms. The first-order valence-electron chi connectivity index (χ1n) is 10.7. The second-order valence-corrected chi connectivity index (χ2v) is 8.45. The van der Waals surface area contributed by atoms with E-state index in [1.807, 2.05) is 18.3 Å². The number of aromatic nitrogens is 1. The van der Waals surface area contributed by atoms with Gasteiger partial charge in [-0.15, -0.1) is 0 Å². The van der Waals surface area contributed by atoms with Crippen LogP contribution in [0.3, 0.4) is 0 Å². The van der Waals surface area contributed by atoms with Crippen molar-refractivity contribution in [1.82, 2.24) is 14.8 Å². The molecule has 3 heterocycles. The molecular weight excluding hydrogens is 364 g/mol. The summed E-state index contributed by atoms with van der Waals surface area (Å²) >= 11 is 0. The van der Waals surface area contributed by atoms with Gasteiger partial charge in [-0.2, -0.15) is 0 Å². The number of anilines is 1. The lowest BCUT2D eigenvalue weighted by Gasteiger charge is -2.38. The Bertz CT molecular complexity index is 863. The van der Waals surface area contributed by atoms with Crippen LogP contribution in [0.5, 0.6) is 5.75 Å². The minimum atomic E-state index is 0.302. The van der Waals surface area contributed by atoms with Gasteiger partial charge in [0.2, 0.25) is 5.91 Å². The summed E-state index contributed by atoms with van der Waals surface area (Å²) in [7, 11) is 3.83. The first kappa shape index (κ1) is 20.0. The SMILES string of the molecule is COc1ccc2cc(N(C)C3CCN(CC(=O)N4CCC[C@H]4C)CC3)cnc2c1. The molecule has 6 nitrogen and oxygen atoms in total. The number of likely N-dealkylation sites (tertiary alicyclic amines) is 2. The normalized spacial score (nSPS) is 20.9. The molecule has 1 aromatic carbocycles. The Morgan fingerprint density at radius 2 is 2.00 bits per heavy atom. The Morgan fingerprint density at radius 1 is 1.21 bits per heavy atom. The molecule has 0 saturated carbocycles. The van der Waals surface area contributed by atoms with Gasteiger partial charge in [0.25, 0.3) is 0 Å². The van der Waals surface area contributed by atoms with Gasteiger partial charge in [0.15, 0.2) is 0 Å². The molecule has 2 fully saturated rings. The van der Waals surface area contributed by atoms with E-state index in [-0.39, 0.29) is 0 Å². The molecule has 1 amide bonds. The maximum Gasteiger partial charge on any atom is 0.236 e. The van der Waals surface area contributed by atoms with E-state index in [2.05, 4.69) is 45.8 Å². The molecular formula is C23H32N4O2. The van der Waals surface area contributed by atoms with Gasteiger partial charge in [0.1, 0.15) is 5.75 Å². The zero-order valence-electron chi connectivity index (χ0n) is 17.8. The Balaban J connectivity index is 1.34. The van der Waals surface area contributed by atoms with Crippen LogP contribution >= 0.6 is 0 Å². The van der Waals surface area contributed by atoms with Crippen molar-refractivity contribution in [3.05, 3.63) is 30.5 Å². The van der Waals surface area contributed by atoms with Crippen LogP contribution in [-0.4, -0.2) is 73.1 Å². The number of methoxy groups -OCH3 is 1. The number of fused-ring (bicyclic) bond motifs is 1. The van der Waals surface area contributed by atoms with Gasteiger partial charge < -0.3 is 14.5 Å². The fraction of sp³-hybridized carbons (Fsp3) is 0.565. The van der Waals surface area contributed by atoms with Crippen LogP contribution in [-0.2, 0) is 4.79 Å². The molecule has 2 saturated heterocycles. The summed E-state index contributed by atoms with van der Waals surface area (Å²) in [6.45, 7) is 5.61. The van der Waals surface area contributed by atoms with Crippen molar-refractivity contribution in [3.63, 3.8) is 0 Å². The highest BCUT2D eigenvalue weighted by molar-refractivity contribution is 5.83. The van der Waals surface area contributed by atoms with Gasteiger partial charge >= 0.3 is 0 Å². The minimum Gasteiger partial charge on any atom is -0.497 e. The van der Waals surface area contributed by atoms with Crippen molar-refractivity contribution in [3.8, 4) is 5.75 Å². The monoisotopic (exact) mass is 396 g/mol. The highest BCUT2D eigenvalue weighted by Gasteiger charge is 2.29. The zero-order valence-corrected chi connectivity index (χ0v) is 17.8. The summed E-state index contributed by atoms with van der Waals surface area (Å²) in [5, 5.41) is 1.12. The third kappa shape index (κ3) is 4.32. The molecule has 0 N–H and O–H groups in total. The average molecular weight is 397 g/mol. The van der Waals surface area contributed by atoms with Crippen molar-refractivity contribution in [2.24, 2.45) is 0 Å². The first-order valence-corrected chi connectivity index (χ1v) is 10.7. The molecule has 29 heavy (non-hydrogen) atoms. The zero-order chi connectivity index (χ0) is 20.4. The summed E-state index contributed by atoms with van der Waals surface area (Å²) in [4.78, 5) is 23.9. The molecule has 6 heteroatoms. The van der Waals surface area contributed by atoms with Crippen LogP contribution < -0.4 is 9.64 Å². The number of hydrogen-bond acceptors (Lipinski definition) is 5. The van der Waals surface area contributed by atoms with E-state index in [1.54, 1.807) is 7.11 Å². The molecule has 2 aromatic rings. The third-order valence-corrected chi connectivity index (χ3v) is 6.62. The number of pyridine rings is 1. The van der Waals surface area contributed by atoms with Crippen LogP contribution in [0.2, 0.25) is 0 Å². The van der Waals surface area contributed by atoms with Crippen LogP contribution in [0.4, 0.5) is 5.69 Å².